The van der Waals surface area contributed by atoms with Crippen LogP contribution in [0.5, 0.6) is 5.75 Å². The molecule has 0 unspecified atom stereocenters. The Kier molecular flexibility index (Phi) is 4.54. The number of hydrogen-bond donors (Lipinski definition) is 0. The van der Waals surface area contributed by atoms with Crippen molar-refractivity contribution in [3.05, 3.63) is 54.1 Å². The third-order valence-corrected chi connectivity index (χ3v) is 6.03. The average Bonchev–Trinajstić information content (AvgIpc) is 3.29. The van der Waals surface area contributed by atoms with Crippen molar-refractivity contribution in [2.45, 2.75) is 19.3 Å². The van der Waals surface area contributed by atoms with Gasteiger partial charge in [-0.05, 0) is 73.1 Å². The number of benzene rings is 2. The lowest BCUT2D eigenvalue weighted by Gasteiger charge is -2.14. The van der Waals surface area contributed by atoms with Gasteiger partial charge < -0.3 is 9.64 Å². The van der Waals surface area contributed by atoms with E-state index in [0.717, 1.165) is 12.2 Å². The number of methoxy groups -OCH3 is 1. The number of thiophene rings is 1. The second kappa shape index (κ2) is 6.96. The highest BCUT2D eigenvalue weighted by molar-refractivity contribution is 7.22. The summed E-state index contributed by atoms with van der Waals surface area (Å²) in [5, 5.41) is 1.29. The standard InChI is InChI=1S/C21H23NOS/c1-23-19-9-8-18-14-20(24-21(18)15-19)17-6-4-16(5-7-17)10-13-22-11-2-3-12-22/h4-9,14-15H,2-3,10-13H2,1H3. The summed E-state index contributed by atoms with van der Waals surface area (Å²) in [5.74, 6) is 0.924. The molecule has 1 aliphatic rings. The molecule has 2 heterocycles. The van der Waals surface area contributed by atoms with Crippen LogP contribution in [-0.4, -0.2) is 31.6 Å². The van der Waals surface area contributed by atoms with Gasteiger partial charge in [-0.15, -0.1) is 11.3 Å². The number of nitrogens with zero attached hydrogens (tertiary/aromatic N) is 1. The van der Waals surface area contributed by atoms with Crippen molar-refractivity contribution in [3.63, 3.8) is 0 Å². The maximum atomic E-state index is 5.32. The minimum atomic E-state index is 0.924. The topological polar surface area (TPSA) is 12.5 Å². The number of hydrogen-bond acceptors (Lipinski definition) is 3. The number of fused-ring (bicyclic) bond motifs is 1. The van der Waals surface area contributed by atoms with Gasteiger partial charge in [-0.3, -0.25) is 0 Å². The summed E-state index contributed by atoms with van der Waals surface area (Å²) in [5.41, 5.74) is 2.74. The van der Waals surface area contributed by atoms with E-state index in [0.29, 0.717) is 0 Å². The van der Waals surface area contributed by atoms with Crippen LogP contribution in [0.15, 0.2) is 48.5 Å². The molecule has 0 spiro atoms. The molecule has 2 nitrogen and oxygen atoms in total. The average molecular weight is 337 g/mol. The lowest BCUT2D eigenvalue weighted by Crippen LogP contribution is -2.21. The second-order valence-electron chi connectivity index (χ2n) is 6.51. The van der Waals surface area contributed by atoms with Gasteiger partial charge in [0.1, 0.15) is 5.75 Å². The minimum absolute atomic E-state index is 0.924. The molecule has 3 heteroatoms. The van der Waals surface area contributed by atoms with Crippen LogP contribution in [-0.2, 0) is 6.42 Å². The Morgan fingerprint density at radius 1 is 1.00 bits per heavy atom. The van der Waals surface area contributed by atoms with E-state index in [1.807, 2.05) is 17.4 Å². The van der Waals surface area contributed by atoms with Crippen LogP contribution in [0.2, 0.25) is 0 Å². The normalized spacial score (nSPS) is 15.2. The van der Waals surface area contributed by atoms with E-state index in [1.165, 1.54) is 58.6 Å². The molecule has 3 aromatic rings. The predicted molar refractivity (Wildman–Crippen MR) is 103 cm³/mol. The predicted octanol–water partition coefficient (Wildman–Crippen LogP) is 5.22. The van der Waals surface area contributed by atoms with Gasteiger partial charge in [-0.1, -0.05) is 24.3 Å². The molecule has 0 amide bonds. The summed E-state index contributed by atoms with van der Waals surface area (Å²) < 4.78 is 6.60. The maximum Gasteiger partial charge on any atom is 0.120 e. The first-order valence-corrected chi connectivity index (χ1v) is 9.53. The van der Waals surface area contributed by atoms with Gasteiger partial charge in [0.05, 0.1) is 7.11 Å². The molecular weight excluding hydrogens is 314 g/mol. The summed E-state index contributed by atoms with van der Waals surface area (Å²) >= 11 is 1.83. The van der Waals surface area contributed by atoms with Crippen LogP contribution < -0.4 is 4.74 Å². The fourth-order valence-corrected chi connectivity index (χ4v) is 4.51. The molecule has 2 aromatic carbocycles. The van der Waals surface area contributed by atoms with Gasteiger partial charge in [0.15, 0.2) is 0 Å². The van der Waals surface area contributed by atoms with Gasteiger partial charge >= 0.3 is 0 Å². The molecule has 0 saturated carbocycles. The van der Waals surface area contributed by atoms with Gasteiger partial charge in [-0.2, -0.15) is 0 Å². The van der Waals surface area contributed by atoms with Crippen LogP contribution in [0.4, 0.5) is 0 Å². The third-order valence-electron chi connectivity index (χ3n) is 4.88. The van der Waals surface area contributed by atoms with Gasteiger partial charge in [-0.25, -0.2) is 0 Å². The molecule has 1 fully saturated rings. The summed E-state index contributed by atoms with van der Waals surface area (Å²) in [6.45, 7) is 3.76. The van der Waals surface area contributed by atoms with Crippen molar-refractivity contribution in [1.29, 1.82) is 0 Å². The molecular formula is C21H23NOS. The highest BCUT2D eigenvalue weighted by Gasteiger charge is 2.11. The first-order chi connectivity index (χ1) is 11.8. The lowest BCUT2D eigenvalue weighted by atomic mass is 10.1. The third kappa shape index (κ3) is 3.33. The first-order valence-electron chi connectivity index (χ1n) is 8.71. The van der Waals surface area contributed by atoms with Crippen molar-refractivity contribution < 1.29 is 4.74 Å². The smallest absolute Gasteiger partial charge is 0.120 e. The first kappa shape index (κ1) is 15.7. The summed E-state index contributed by atoms with van der Waals surface area (Å²) in [4.78, 5) is 3.90. The summed E-state index contributed by atoms with van der Waals surface area (Å²) in [6, 6.07) is 17.7. The fraction of sp³-hybridized carbons (Fsp3) is 0.333. The maximum absolute atomic E-state index is 5.32. The summed E-state index contributed by atoms with van der Waals surface area (Å²) in [7, 11) is 1.72. The van der Waals surface area contributed by atoms with Crippen molar-refractivity contribution in [2.24, 2.45) is 0 Å². The van der Waals surface area contributed by atoms with Crippen molar-refractivity contribution in [1.82, 2.24) is 4.90 Å². The van der Waals surface area contributed by atoms with E-state index >= 15 is 0 Å². The molecule has 1 aromatic heterocycles. The molecule has 24 heavy (non-hydrogen) atoms. The molecule has 0 radical (unpaired) electrons. The van der Waals surface area contributed by atoms with Gasteiger partial charge in [0.25, 0.3) is 0 Å². The van der Waals surface area contributed by atoms with E-state index in [-0.39, 0.29) is 0 Å². The SMILES string of the molecule is COc1ccc2cc(-c3ccc(CCN4CCCC4)cc3)sc2c1. The minimum Gasteiger partial charge on any atom is -0.497 e. The molecule has 124 valence electrons. The number of rotatable bonds is 5. The van der Waals surface area contributed by atoms with E-state index < -0.39 is 0 Å². The van der Waals surface area contributed by atoms with Gasteiger partial charge in [0, 0.05) is 16.1 Å². The Labute approximate surface area is 147 Å². The van der Waals surface area contributed by atoms with E-state index in [4.69, 9.17) is 4.74 Å². The van der Waals surface area contributed by atoms with E-state index in [2.05, 4.69) is 47.4 Å². The molecule has 0 bridgehead atoms. The zero-order chi connectivity index (χ0) is 16.4. The van der Waals surface area contributed by atoms with Crippen molar-refractivity contribution in [2.75, 3.05) is 26.7 Å². The quantitative estimate of drug-likeness (QED) is 0.633. The Morgan fingerprint density at radius 3 is 2.54 bits per heavy atom. The van der Waals surface area contributed by atoms with Gasteiger partial charge in [0.2, 0.25) is 0 Å². The summed E-state index contributed by atoms with van der Waals surface area (Å²) in [6.07, 6.45) is 3.90. The zero-order valence-electron chi connectivity index (χ0n) is 14.1. The lowest BCUT2D eigenvalue weighted by molar-refractivity contribution is 0.343. The zero-order valence-corrected chi connectivity index (χ0v) is 14.9. The molecule has 1 saturated heterocycles. The van der Waals surface area contributed by atoms with Crippen LogP contribution in [0.3, 0.4) is 0 Å². The Balaban J connectivity index is 1.49. The van der Waals surface area contributed by atoms with Crippen molar-refractivity contribution in [3.8, 4) is 16.2 Å². The number of likely N-dealkylation sites (tertiary alicyclic amines) is 1. The monoisotopic (exact) mass is 337 g/mol. The number of ether oxygens (including phenoxy) is 1. The van der Waals surface area contributed by atoms with Crippen LogP contribution >= 0.6 is 11.3 Å². The fourth-order valence-electron chi connectivity index (χ4n) is 3.41. The Morgan fingerprint density at radius 2 is 1.79 bits per heavy atom. The molecule has 0 aliphatic carbocycles. The van der Waals surface area contributed by atoms with E-state index in [9.17, 15) is 0 Å². The highest BCUT2D eigenvalue weighted by atomic mass is 32.1. The molecule has 4 rings (SSSR count). The van der Waals surface area contributed by atoms with Crippen molar-refractivity contribution >= 4 is 21.4 Å². The van der Waals surface area contributed by atoms with Crippen LogP contribution in [0, 0.1) is 0 Å². The highest BCUT2D eigenvalue weighted by Crippen LogP contribution is 2.35. The molecule has 0 N–H and O–H groups in total. The molecule has 1 aliphatic heterocycles. The molecule has 0 atom stereocenters. The van der Waals surface area contributed by atoms with E-state index in [1.54, 1.807) is 7.11 Å². The second-order valence-corrected chi connectivity index (χ2v) is 7.59. The van der Waals surface area contributed by atoms with Crippen LogP contribution in [0.1, 0.15) is 18.4 Å². The van der Waals surface area contributed by atoms with Crippen LogP contribution in [0.25, 0.3) is 20.5 Å². The Bertz CT molecular complexity index is 815. The largest absolute Gasteiger partial charge is 0.497 e. The Hall–Kier alpha value is -1.84.